The lowest BCUT2D eigenvalue weighted by Crippen LogP contribution is -2.36. The van der Waals surface area contributed by atoms with Gasteiger partial charge in [-0.05, 0) is 56.3 Å². The highest BCUT2D eigenvalue weighted by Gasteiger charge is 2.30. The third-order valence-electron chi connectivity index (χ3n) is 4.58. The van der Waals surface area contributed by atoms with Crippen LogP contribution in [-0.2, 0) is 0 Å². The molecule has 140 valence electrons. The van der Waals surface area contributed by atoms with Crippen LogP contribution in [0.3, 0.4) is 0 Å². The van der Waals surface area contributed by atoms with Gasteiger partial charge < -0.3 is 15.0 Å². The van der Waals surface area contributed by atoms with Gasteiger partial charge in [0.05, 0.1) is 11.3 Å². The number of fused-ring (bicyclic) bond motifs is 2. The third-order valence-corrected chi connectivity index (χ3v) is 4.58. The fourth-order valence-corrected chi connectivity index (χ4v) is 3.27. The van der Waals surface area contributed by atoms with Crippen molar-refractivity contribution in [2.75, 3.05) is 10.2 Å². The minimum atomic E-state index is -0.208. The van der Waals surface area contributed by atoms with Crippen LogP contribution in [0, 0.1) is 0 Å². The van der Waals surface area contributed by atoms with E-state index in [2.05, 4.69) is 5.32 Å². The van der Waals surface area contributed by atoms with Gasteiger partial charge in [-0.25, -0.2) is 0 Å². The Morgan fingerprint density at radius 2 is 1.64 bits per heavy atom. The molecule has 1 heterocycles. The molecule has 0 radical (unpaired) electrons. The predicted octanol–water partition coefficient (Wildman–Crippen LogP) is 5.10. The number of nitrogens with one attached hydrogen (secondary N) is 1. The van der Waals surface area contributed by atoms with Crippen molar-refractivity contribution in [3.8, 4) is 11.5 Å². The van der Waals surface area contributed by atoms with Crippen LogP contribution in [0.4, 0.5) is 11.4 Å². The van der Waals surface area contributed by atoms with Crippen molar-refractivity contribution in [3.05, 3.63) is 83.9 Å². The van der Waals surface area contributed by atoms with Gasteiger partial charge in [0.1, 0.15) is 5.75 Å². The Hall–Kier alpha value is -3.60. The van der Waals surface area contributed by atoms with Crippen molar-refractivity contribution in [3.63, 3.8) is 0 Å². The standard InChI is InChI=1S/C23H20N2O3/c1-15(2)25-19-14-17(24-22(26)16-8-4-3-5-9-16)12-13-21(19)28-20-11-7-6-10-18(20)23(25)27/h3-15H,1-2H3,(H,24,26). The smallest absolute Gasteiger partial charge is 0.262 e. The van der Waals surface area contributed by atoms with Gasteiger partial charge in [-0.2, -0.15) is 0 Å². The summed E-state index contributed by atoms with van der Waals surface area (Å²) in [7, 11) is 0. The molecule has 3 aromatic rings. The topological polar surface area (TPSA) is 58.6 Å². The Morgan fingerprint density at radius 3 is 2.39 bits per heavy atom. The van der Waals surface area contributed by atoms with Crippen LogP contribution >= 0.6 is 0 Å². The fraction of sp³-hybridized carbons (Fsp3) is 0.130. The second-order valence-corrected chi connectivity index (χ2v) is 6.87. The molecule has 5 nitrogen and oxygen atoms in total. The molecule has 28 heavy (non-hydrogen) atoms. The number of amides is 2. The Morgan fingerprint density at radius 1 is 0.929 bits per heavy atom. The van der Waals surface area contributed by atoms with Crippen molar-refractivity contribution in [2.24, 2.45) is 0 Å². The van der Waals surface area contributed by atoms with Gasteiger partial charge >= 0.3 is 0 Å². The average molecular weight is 372 g/mol. The number of nitrogens with zero attached hydrogens (tertiary/aromatic N) is 1. The maximum Gasteiger partial charge on any atom is 0.262 e. The van der Waals surface area contributed by atoms with E-state index in [-0.39, 0.29) is 17.9 Å². The van der Waals surface area contributed by atoms with Crippen LogP contribution in [-0.4, -0.2) is 17.9 Å². The van der Waals surface area contributed by atoms with E-state index >= 15 is 0 Å². The molecular weight excluding hydrogens is 352 g/mol. The van der Waals surface area contributed by atoms with E-state index in [0.717, 1.165) is 0 Å². The number of hydrogen-bond acceptors (Lipinski definition) is 3. The van der Waals surface area contributed by atoms with Crippen LogP contribution in [0.5, 0.6) is 11.5 Å². The van der Waals surface area contributed by atoms with Gasteiger partial charge in [0.2, 0.25) is 0 Å². The Balaban J connectivity index is 1.73. The van der Waals surface area contributed by atoms with E-state index in [1.54, 1.807) is 47.4 Å². The lowest BCUT2D eigenvalue weighted by molar-refractivity contribution is 0.0979. The summed E-state index contributed by atoms with van der Waals surface area (Å²) < 4.78 is 6.02. The molecule has 0 spiro atoms. The summed E-state index contributed by atoms with van der Waals surface area (Å²) in [5.74, 6) is 0.763. The second-order valence-electron chi connectivity index (χ2n) is 6.87. The van der Waals surface area contributed by atoms with E-state index < -0.39 is 0 Å². The lowest BCUT2D eigenvalue weighted by Gasteiger charge is -2.26. The molecule has 1 aliphatic rings. The maximum absolute atomic E-state index is 13.2. The summed E-state index contributed by atoms with van der Waals surface area (Å²) in [6, 6.07) is 21.4. The lowest BCUT2D eigenvalue weighted by atomic mass is 10.1. The highest BCUT2D eigenvalue weighted by atomic mass is 16.5. The monoisotopic (exact) mass is 372 g/mol. The molecule has 5 heteroatoms. The second kappa shape index (κ2) is 7.19. The molecule has 0 atom stereocenters. The number of anilines is 2. The van der Waals surface area contributed by atoms with Gasteiger partial charge in [0, 0.05) is 17.3 Å². The molecule has 1 N–H and O–H groups in total. The zero-order valence-corrected chi connectivity index (χ0v) is 15.7. The predicted molar refractivity (Wildman–Crippen MR) is 109 cm³/mol. The first-order chi connectivity index (χ1) is 13.5. The molecule has 0 fully saturated rings. The molecule has 0 saturated heterocycles. The van der Waals surface area contributed by atoms with Gasteiger partial charge in [-0.15, -0.1) is 0 Å². The number of carbonyl (C=O) groups excluding carboxylic acids is 2. The van der Waals surface area contributed by atoms with Crippen molar-refractivity contribution < 1.29 is 14.3 Å². The minimum Gasteiger partial charge on any atom is -0.454 e. The normalized spacial score (nSPS) is 12.7. The summed E-state index contributed by atoms with van der Waals surface area (Å²) in [4.78, 5) is 27.3. The zero-order chi connectivity index (χ0) is 19.7. The molecule has 0 aromatic heterocycles. The fourth-order valence-electron chi connectivity index (χ4n) is 3.27. The molecule has 4 rings (SSSR count). The van der Waals surface area contributed by atoms with Crippen LogP contribution in [0.1, 0.15) is 34.6 Å². The van der Waals surface area contributed by atoms with Gasteiger partial charge in [0.25, 0.3) is 11.8 Å². The van der Waals surface area contributed by atoms with Crippen molar-refractivity contribution in [1.82, 2.24) is 0 Å². The Labute approximate surface area is 163 Å². The summed E-state index contributed by atoms with van der Waals surface area (Å²) in [5.41, 5.74) is 2.31. The largest absolute Gasteiger partial charge is 0.454 e. The Kier molecular flexibility index (Phi) is 4.57. The van der Waals surface area contributed by atoms with E-state index in [4.69, 9.17) is 4.74 Å². The number of carbonyl (C=O) groups is 2. The van der Waals surface area contributed by atoms with Gasteiger partial charge in [-0.1, -0.05) is 30.3 Å². The van der Waals surface area contributed by atoms with Crippen molar-refractivity contribution in [1.29, 1.82) is 0 Å². The van der Waals surface area contributed by atoms with E-state index in [1.807, 2.05) is 44.2 Å². The highest BCUT2D eigenvalue weighted by Crippen LogP contribution is 2.41. The van der Waals surface area contributed by atoms with Crippen LogP contribution in [0.2, 0.25) is 0 Å². The summed E-state index contributed by atoms with van der Waals surface area (Å²) in [6.45, 7) is 3.90. The summed E-state index contributed by atoms with van der Waals surface area (Å²) >= 11 is 0. The number of benzene rings is 3. The van der Waals surface area contributed by atoms with Crippen LogP contribution in [0.15, 0.2) is 72.8 Å². The quantitative estimate of drug-likeness (QED) is 0.696. The molecule has 2 amide bonds. The molecule has 0 unspecified atom stereocenters. The first-order valence-electron chi connectivity index (χ1n) is 9.15. The van der Waals surface area contributed by atoms with Gasteiger partial charge in [-0.3, -0.25) is 9.59 Å². The number of rotatable bonds is 3. The number of para-hydroxylation sites is 1. The first kappa shape index (κ1) is 17.8. The van der Waals surface area contributed by atoms with E-state index in [0.29, 0.717) is 34.0 Å². The van der Waals surface area contributed by atoms with E-state index in [1.165, 1.54) is 0 Å². The molecule has 0 bridgehead atoms. The number of hydrogen-bond donors (Lipinski definition) is 1. The van der Waals surface area contributed by atoms with Crippen molar-refractivity contribution >= 4 is 23.2 Å². The molecule has 0 aliphatic carbocycles. The van der Waals surface area contributed by atoms with Crippen LogP contribution < -0.4 is 15.0 Å². The number of ether oxygens (including phenoxy) is 1. The highest BCUT2D eigenvalue weighted by molar-refractivity contribution is 6.11. The zero-order valence-electron chi connectivity index (χ0n) is 15.7. The third kappa shape index (κ3) is 3.22. The van der Waals surface area contributed by atoms with Crippen molar-refractivity contribution in [2.45, 2.75) is 19.9 Å². The van der Waals surface area contributed by atoms with Crippen LogP contribution in [0.25, 0.3) is 0 Å². The molecule has 3 aromatic carbocycles. The SMILES string of the molecule is CC(C)N1C(=O)c2ccccc2Oc2ccc(NC(=O)c3ccccc3)cc21. The first-order valence-corrected chi connectivity index (χ1v) is 9.15. The summed E-state index contributed by atoms with van der Waals surface area (Å²) in [6.07, 6.45) is 0. The maximum atomic E-state index is 13.2. The van der Waals surface area contributed by atoms with E-state index in [9.17, 15) is 9.59 Å². The Bertz CT molecular complexity index is 1040. The van der Waals surface area contributed by atoms with Gasteiger partial charge in [0.15, 0.2) is 5.75 Å². The molecular formula is C23H20N2O3. The minimum absolute atomic E-state index is 0.0823. The molecule has 1 aliphatic heterocycles. The summed E-state index contributed by atoms with van der Waals surface area (Å²) in [5, 5.41) is 2.89. The molecule has 0 saturated carbocycles. The average Bonchev–Trinajstić information content (AvgIpc) is 2.82.